The molecular formula is C11H15N5O3S. The lowest BCUT2D eigenvalue weighted by atomic mass is 10.1. The number of ether oxygens (including phenoxy) is 1. The summed E-state index contributed by atoms with van der Waals surface area (Å²) in [6.07, 6.45) is 0. The van der Waals surface area contributed by atoms with Crippen molar-refractivity contribution >= 4 is 10.0 Å². The Kier molecular flexibility index (Phi) is 3.73. The molecule has 0 amide bonds. The molecule has 8 nitrogen and oxygen atoms in total. The molecule has 2 aromatic rings. The molecule has 0 aliphatic carbocycles. The van der Waals surface area contributed by atoms with Crippen LogP contribution in [0, 0.1) is 13.8 Å². The zero-order chi connectivity index (χ0) is 14.9. The van der Waals surface area contributed by atoms with Gasteiger partial charge in [-0.3, -0.25) is 0 Å². The van der Waals surface area contributed by atoms with Gasteiger partial charge in [-0.1, -0.05) is 0 Å². The van der Waals surface area contributed by atoms with Gasteiger partial charge in [0, 0.05) is 0 Å². The highest BCUT2D eigenvalue weighted by atomic mass is 32.2. The lowest BCUT2D eigenvalue weighted by Gasteiger charge is -2.11. The number of rotatable bonds is 4. The Bertz CT molecular complexity index is 739. The molecule has 0 aliphatic heterocycles. The van der Waals surface area contributed by atoms with Crippen molar-refractivity contribution < 1.29 is 13.2 Å². The van der Waals surface area contributed by atoms with Crippen molar-refractivity contribution in [1.29, 1.82) is 0 Å². The summed E-state index contributed by atoms with van der Waals surface area (Å²) in [5.41, 5.74) is 1.20. The number of benzene rings is 1. The summed E-state index contributed by atoms with van der Waals surface area (Å²) in [5.74, 6) is 1.00. The molecule has 0 spiro atoms. The van der Waals surface area contributed by atoms with E-state index in [9.17, 15) is 8.42 Å². The highest BCUT2D eigenvalue weighted by Gasteiger charge is 2.15. The van der Waals surface area contributed by atoms with E-state index < -0.39 is 10.0 Å². The molecule has 0 radical (unpaired) electrons. The fourth-order valence-corrected chi connectivity index (χ4v) is 2.60. The highest BCUT2D eigenvalue weighted by molar-refractivity contribution is 7.89. The van der Waals surface area contributed by atoms with Gasteiger partial charge in [0.1, 0.15) is 5.75 Å². The van der Waals surface area contributed by atoms with Gasteiger partial charge in [0.15, 0.2) is 6.61 Å². The van der Waals surface area contributed by atoms with Crippen LogP contribution < -0.4 is 9.88 Å². The second-order valence-electron chi connectivity index (χ2n) is 4.41. The van der Waals surface area contributed by atoms with Crippen molar-refractivity contribution in [3.05, 3.63) is 29.1 Å². The molecule has 20 heavy (non-hydrogen) atoms. The Labute approximate surface area is 116 Å². The van der Waals surface area contributed by atoms with Crippen molar-refractivity contribution in [2.75, 3.05) is 0 Å². The van der Waals surface area contributed by atoms with E-state index in [4.69, 9.17) is 9.88 Å². The minimum absolute atomic E-state index is 0.0972. The second kappa shape index (κ2) is 5.17. The monoisotopic (exact) mass is 297 g/mol. The van der Waals surface area contributed by atoms with Gasteiger partial charge in [-0.25, -0.2) is 13.6 Å². The highest BCUT2D eigenvalue weighted by Crippen LogP contribution is 2.25. The van der Waals surface area contributed by atoms with E-state index in [-0.39, 0.29) is 11.5 Å². The molecule has 0 unspecified atom stereocenters. The zero-order valence-corrected chi connectivity index (χ0v) is 12.2. The van der Waals surface area contributed by atoms with E-state index in [0.29, 0.717) is 22.7 Å². The van der Waals surface area contributed by atoms with Gasteiger partial charge >= 0.3 is 0 Å². The van der Waals surface area contributed by atoms with Gasteiger partial charge in [0.05, 0.1) is 11.9 Å². The number of hydrogen-bond donors (Lipinski definition) is 1. The van der Waals surface area contributed by atoms with E-state index in [1.807, 2.05) is 0 Å². The Morgan fingerprint density at radius 2 is 2.00 bits per heavy atom. The average Bonchev–Trinajstić information content (AvgIpc) is 2.74. The summed E-state index contributed by atoms with van der Waals surface area (Å²) >= 11 is 0. The molecule has 1 aromatic heterocycles. The van der Waals surface area contributed by atoms with Crippen LogP contribution in [-0.4, -0.2) is 28.6 Å². The molecule has 0 atom stereocenters. The van der Waals surface area contributed by atoms with E-state index in [1.165, 1.54) is 10.9 Å². The third-order valence-electron chi connectivity index (χ3n) is 2.69. The molecule has 9 heteroatoms. The predicted octanol–water partition coefficient (Wildman–Crippen LogP) is 0.0533. The summed E-state index contributed by atoms with van der Waals surface area (Å²) in [6.45, 7) is 3.56. The molecule has 108 valence electrons. The largest absolute Gasteiger partial charge is 0.485 e. The first-order valence-corrected chi connectivity index (χ1v) is 7.31. The van der Waals surface area contributed by atoms with Gasteiger partial charge < -0.3 is 4.74 Å². The summed E-state index contributed by atoms with van der Waals surface area (Å²) < 4.78 is 28.4. The Hall–Kier alpha value is -2.00. The van der Waals surface area contributed by atoms with E-state index in [0.717, 1.165) is 0 Å². The van der Waals surface area contributed by atoms with Crippen LogP contribution in [0.2, 0.25) is 0 Å². The fourth-order valence-electron chi connectivity index (χ4n) is 1.75. The molecule has 0 saturated heterocycles. The average molecular weight is 297 g/mol. The number of hydrogen-bond acceptors (Lipinski definition) is 6. The lowest BCUT2D eigenvalue weighted by molar-refractivity contribution is 0.293. The maximum absolute atomic E-state index is 11.4. The Balaban J connectivity index is 2.23. The standard InChI is InChI=1S/C11H15N5O3S/c1-7-5-10(20(12,17)18)8(2)4-9(7)19-6-11-13-15-16(3)14-11/h4-5H,6H2,1-3H3,(H2,12,17,18). The van der Waals surface area contributed by atoms with Crippen LogP contribution in [0.4, 0.5) is 0 Å². The fraction of sp³-hybridized carbons (Fsp3) is 0.364. The first-order chi connectivity index (χ1) is 9.27. The van der Waals surface area contributed by atoms with Gasteiger partial charge in [-0.15, -0.1) is 10.2 Å². The molecule has 0 saturated carbocycles. The lowest BCUT2D eigenvalue weighted by Crippen LogP contribution is -2.14. The summed E-state index contributed by atoms with van der Waals surface area (Å²) in [6, 6.07) is 3.12. The van der Waals surface area contributed by atoms with E-state index in [1.54, 1.807) is 27.0 Å². The minimum atomic E-state index is -3.73. The number of nitrogens with two attached hydrogens (primary N) is 1. The van der Waals surface area contributed by atoms with Crippen LogP contribution in [0.1, 0.15) is 17.0 Å². The maximum Gasteiger partial charge on any atom is 0.238 e. The molecule has 0 aliphatic rings. The van der Waals surface area contributed by atoms with Gasteiger partial charge in [0.25, 0.3) is 0 Å². The van der Waals surface area contributed by atoms with Crippen molar-refractivity contribution in [3.63, 3.8) is 0 Å². The Morgan fingerprint density at radius 3 is 2.55 bits per heavy atom. The molecule has 0 fully saturated rings. The van der Waals surface area contributed by atoms with Crippen LogP contribution in [-0.2, 0) is 23.7 Å². The molecular weight excluding hydrogens is 282 g/mol. The number of aromatic nitrogens is 4. The third kappa shape index (κ3) is 3.11. The predicted molar refractivity (Wildman–Crippen MR) is 70.4 cm³/mol. The summed E-state index contributed by atoms with van der Waals surface area (Å²) in [4.78, 5) is 1.43. The van der Waals surface area contributed by atoms with Crippen molar-refractivity contribution in [2.24, 2.45) is 12.2 Å². The van der Waals surface area contributed by atoms with Gasteiger partial charge in [-0.2, -0.15) is 4.80 Å². The van der Waals surface area contributed by atoms with Crippen molar-refractivity contribution in [3.8, 4) is 5.75 Å². The minimum Gasteiger partial charge on any atom is -0.485 e. The number of aryl methyl sites for hydroxylation is 3. The molecule has 2 rings (SSSR count). The first-order valence-electron chi connectivity index (χ1n) is 5.77. The normalized spacial score (nSPS) is 11.6. The van der Waals surface area contributed by atoms with Crippen LogP contribution in [0.5, 0.6) is 5.75 Å². The van der Waals surface area contributed by atoms with E-state index >= 15 is 0 Å². The van der Waals surface area contributed by atoms with Crippen LogP contribution in [0.3, 0.4) is 0 Å². The topological polar surface area (TPSA) is 113 Å². The van der Waals surface area contributed by atoms with Gasteiger partial charge in [-0.05, 0) is 42.3 Å². The molecule has 2 N–H and O–H groups in total. The first kappa shape index (κ1) is 14.4. The number of primary sulfonamides is 1. The number of nitrogens with zero attached hydrogens (tertiary/aromatic N) is 4. The van der Waals surface area contributed by atoms with Crippen LogP contribution in [0.15, 0.2) is 17.0 Å². The summed E-state index contributed by atoms with van der Waals surface area (Å²) in [7, 11) is -2.07. The number of tetrazole rings is 1. The Morgan fingerprint density at radius 1 is 1.30 bits per heavy atom. The molecule has 0 bridgehead atoms. The van der Waals surface area contributed by atoms with Crippen LogP contribution in [0.25, 0.3) is 0 Å². The smallest absolute Gasteiger partial charge is 0.238 e. The zero-order valence-electron chi connectivity index (χ0n) is 11.4. The van der Waals surface area contributed by atoms with Crippen molar-refractivity contribution in [2.45, 2.75) is 25.3 Å². The van der Waals surface area contributed by atoms with E-state index in [2.05, 4.69) is 15.4 Å². The maximum atomic E-state index is 11.4. The molecule has 1 heterocycles. The van der Waals surface area contributed by atoms with Crippen molar-refractivity contribution in [1.82, 2.24) is 20.2 Å². The SMILES string of the molecule is Cc1cc(S(N)(=O)=O)c(C)cc1OCc1nnn(C)n1. The summed E-state index contributed by atoms with van der Waals surface area (Å²) in [5, 5.41) is 16.6. The quantitative estimate of drug-likeness (QED) is 0.853. The number of sulfonamides is 1. The third-order valence-corrected chi connectivity index (χ3v) is 3.74. The second-order valence-corrected chi connectivity index (χ2v) is 5.94. The molecule has 1 aromatic carbocycles. The van der Waals surface area contributed by atoms with Crippen LogP contribution >= 0.6 is 0 Å². The van der Waals surface area contributed by atoms with Gasteiger partial charge in [0.2, 0.25) is 15.8 Å².